The van der Waals surface area contributed by atoms with E-state index in [-0.39, 0.29) is 18.9 Å². The van der Waals surface area contributed by atoms with Crippen LogP contribution in [-0.4, -0.2) is 46.1 Å². The Balaban J connectivity index is 3.79. The second kappa shape index (κ2) is 31.0. The molecule has 4 N–H and O–H groups in total. The van der Waals surface area contributed by atoms with Crippen molar-refractivity contribution >= 4 is 5.91 Å². The number of nitrogens with one attached hydrogen (secondary N) is 1. The summed E-state index contributed by atoms with van der Waals surface area (Å²) in [4.78, 5) is 12.3. The highest BCUT2D eigenvalue weighted by molar-refractivity contribution is 5.76. The molecule has 0 saturated carbocycles. The van der Waals surface area contributed by atoms with Crippen LogP contribution in [0.1, 0.15) is 136 Å². The molecule has 0 fully saturated rings. The van der Waals surface area contributed by atoms with E-state index in [2.05, 4.69) is 60.8 Å². The number of carbonyl (C=O) groups is 1. The van der Waals surface area contributed by atoms with Gasteiger partial charge in [-0.15, -0.1) is 0 Å². The molecule has 0 aliphatic rings. The third kappa shape index (κ3) is 28.0. The smallest absolute Gasteiger partial charge is 0.222 e. The molecule has 0 spiro atoms. The Morgan fingerprint density at radius 1 is 0.683 bits per heavy atom. The summed E-state index contributed by atoms with van der Waals surface area (Å²) < 4.78 is 0. The molecule has 0 heterocycles. The van der Waals surface area contributed by atoms with E-state index >= 15 is 0 Å². The fraction of sp³-hybridized carbons (Fsp3) is 0.694. The van der Waals surface area contributed by atoms with E-state index in [0.29, 0.717) is 6.42 Å². The highest BCUT2D eigenvalue weighted by Crippen LogP contribution is 2.13. The van der Waals surface area contributed by atoms with Crippen molar-refractivity contribution in [2.24, 2.45) is 0 Å². The summed E-state index contributed by atoms with van der Waals surface area (Å²) >= 11 is 0. The van der Waals surface area contributed by atoms with Crippen molar-refractivity contribution in [2.45, 2.75) is 154 Å². The van der Waals surface area contributed by atoms with E-state index in [1.54, 1.807) is 6.08 Å². The molecule has 41 heavy (non-hydrogen) atoms. The Labute approximate surface area is 252 Å². The number of hydrogen-bond acceptors (Lipinski definition) is 4. The van der Waals surface area contributed by atoms with Crippen molar-refractivity contribution in [3.05, 3.63) is 60.8 Å². The number of aliphatic hydroxyl groups is 3. The molecule has 0 aliphatic carbocycles. The predicted octanol–water partition coefficient (Wildman–Crippen LogP) is 8.42. The van der Waals surface area contributed by atoms with Crippen LogP contribution >= 0.6 is 0 Å². The minimum Gasteiger partial charge on any atom is -0.394 e. The lowest BCUT2D eigenvalue weighted by Gasteiger charge is -2.21. The summed E-state index contributed by atoms with van der Waals surface area (Å²) in [6.07, 6.45) is 39.3. The Kier molecular flexibility index (Phi) is 29.5. The van der Waals surface area contributed by atoms with Gasteiger partial charge in [-0.25, -0.2) is 0 Å². The monoisotopic (exact) mass is 573 g/mol. The quantitative estimate of drug-likeness (QED) is 0.0430. The molecule has 0 bridgehead atoms. The number of hydrogen-bond donors (Lipinski definition) is 4. The molecule has 0 saturated heterocycles. The lowest BCUT2D eigenvalue weighted by molar-refractivity contribution is -0.124. The Bertz CT molecular complexity index is 725. The van der Waals surface area contributed by atoms with E-state index in [0.717, 1.165) is 44.9 Å². The molecule has 5 nitrogen and oxygen atoms in total. The molecule has 0 aromatic heterocycles. The van der Waals surface area contributed by atoms with Gasteiger partial charge in [-0.2, -0.15) is 0 Å². The number of rotatable bonds is 28. The highest BCUT2D eigenvalue weighted by atomic mass is 16.3. The second-order valence-corrected chi connectivity index (χ2v) is 11.1. The molecule has 0 aromatic carbocycles. The predicted molar refractivity (Wildman–Crippen MR) is 176 cm³/mol. The van der Waals surface area contributed by atoms with Crippen molar-refractivity contribution in [1.29, 1.82) is 0 Å². The average Bonchev–Trinajstić information content (AvgIpc) is 2.96. The molecule has 0 aliphatic heterocycles. The summed E-state index contributed by atoms with van der Waals surface area (Å²) in [5.41, 5.74) is 0. The summed E-state index contributed by atoms with van der Waals surface area (Å²) in [5, 5.41) is 32.8. The first-order valence-electron chi connectivity index (χ1n) is 16.6. The standard InChI is InChI=1S/C36H63NO4/c1-3-5-7-9-11-13-14-15-16-17-18-19-20-22-23-25-27-29-33(39)31-36(41)37-34(32-38)35(40)30-28-26-24-21-12-10-8-6-4-2/h4,6,11-15,21,28,30,33-35,38-40H,3,5,7-10,16-20,22-27,29,31-32H2,1-2H3,(H,37,41)/b6-4+,13-11-,15-14-,21-12+,30-28+. The molecule has 236 valence electrons. The summed E-state index contributed by atoms with van der Waals surface area (Å²) in [5.74, 6) is -0.342. The van der Waals surface area contributed by atoms with Gasteiger partial charge >= 0.3 is 0 Å². The maximum absolute atomic E-state index is 12.3. The maximum Gasteiger partial charge on any atom is 0.222 e. The number of amides is 1. The van der Waals surface area contributed by atoms with Gasteiger partial charge in [-0.1, -0.05) is 125 Å². The fourth-order valence-corrected chi connectivity index (χ4v) is 4.54. The van der Waals surface area contributed by atoms with Crippen molar-refractivity contribution in [2.75, 3.05) is 6.61 Å². The Hall–Kier alpha value is -1.95. The van der Waals surface area contributed by atoms with Gasteiger partial charge in [0.15, 0.2) is 0 Å². The number of carbonyl (C=O) groups excluding carboxylic acids is 1. The summed E-state index contributed by atoms with van der Waals surface area (Å²) in [6, 6.07) is -0.768. The van der Waals surface area contributed by atoms with Crippen LogP contribution in [0, 0.1) is 0 Å². The molecule has 3 unspecified atom stereocenters. The van der Waals surface area contributed by atoms with Crippen LogP contribution in [0.5, 0.6) is 0 Å². The summed E-state index contributed by atoms with van der Waals surface area (Å²) in [6.45, 7) is 3.90. The molecular formula is C36H63NO4. The molecular weight excluding hydrogens is 510 g/mol. The minimum absolute atomic E-state index is 0.00591. The third-order valence-electron chi connectivity index (χ3n) is 7.13. The van der Waals surface area contributed by atoms with Crippen LogP contribution in [0.25, 0.3) is 0 Å². The first-order chi connectivity index (χ1) is 20.0. The Morgan fingerprint density at radius 3 is 1.80 bits per heavy atom. The molecule has 0 radical (unpaired) electrons. The average molecular weight is 574 g/mol. The van der Waals surface area contributed by atoms with E-state index in [1.807, 2.05) is 13.0 Å². The van der Waals surface area contributed by atoms with Crippen molar-refractivity contribution in [1.82, 2.24) is 5.32 Å². The third-order valence-corrected chi connectivity index (χ3v) is 7.13. The van der Waals surface area contributed by atoms with E-state index < -0.39 is 18.2 Å². The summed E-state index contributed by atoms with van der Waals surface area (Å²) in [7, 11) is 0. The van der Waals surface area contributed by atoms with Crippen LogP contribution in [0.4, 0.5) is 0 Å². The van der Waals surface area contributed by atoms with Crippen molar-refractivity contribution in [3.8, 4) is 0 Å². The van der Waals surface area contributed by atoms with Gasteiger partial charge < -0.3 is 20.6 Å². The minimum atomic E-state index is -0.960. The molecule has 0 aromatic rings. The second-order valence-electron chi connectivity index (χ2n) is 11.1. The van der Waals surface area contributed by atoms with Gasteiger partial charge in [0.25, 0.3) is 0 Å². The van der Waals surface area contributed by atoms with Gasteiger partial charge in [0.2, 0.25) is 5.91 Å². The first kappa shape index (κ1) is 39.0. The highest BCUT2D eigenvalue weighted by Gasteiger charge is 2.20. The van der Waals surface area contributed by atoms with Crippen molar-refractivity contribution in [3.63, 3.8) is 0 Å². The van der Waals surface area contributed by atoms with Gasteiger partial charge in [0, 0.05) is 0 Å². The maximum atomic E-state index is 12.3. The van der Waals surface area contributed by atoms with Crippen LogP contribution < -0.4 is 5.32 Å². The number of allylic oxidation sites excluding steroid dienone is 9. The van der Waals surface area contributed by atoms with Gasteiger partial charge in [-0.05, 0) is 64.7 Å². The SMILES string of the molecule is C/C=C/CC/C=C/CC/C=C/C(O)C(CO)NC(=O)CC(O)CCCCCCCCCC/C=C\C=C/CCCCC. The number of aliphatic hydroxyl groups excluding tert-OH is 3. The molecule has 0 rings (SSSR count). The van der Waals surface area contributed by atoms with Crippen molar-refractivity contribution < 1.29 is 20.1 Å². The Morgan fingerprint density at radius 2 is 1.22 bits per heavy atom. The van der Waals surface area contributed by atoms with Gasteiger partial charge in [-0.3, -0.25) is 4.79 Å². The zero-order valence-corrected chi connectivity index (χ0v) is 26.4. The van der Waals surface area contributed by atoms with Crippen LogP contribution in [-0.2, 0) is 4.79 Å². The van der Waals surface area contributed by atoms with E-state index in [1.165, 1.54) is 64.2 Å². The zero-order chi connectivity index (χ0) is 30.2. The lowest BCUT2D eigenvalue weighted by Crippen LogP contribution is -2.45. The topological polar surface area (TPSA) is 89.8 Å². The van der Waals surface area contributed by atoms with Gasteiger partial charge in [0.05, 0.1) is 31.3 Å². The van der Waals surface area contributed by atoms with Crippen LogP contribution in [0.15, 0.2) is 60.8 Å². The zero-order valence-electron chi connectivity index (χ0n) is 26.4. The molecule has 1 amide bonds. The largest absolute Gasteiger partial charge is 0.394 e. The fourth-order valence-electron chi connectivity index (χ4n) is 4.54. The van der Waals surface area contributed by atoms with E-state index in [9.17, 15) is 20.1 Å². The van der Waals surface area contributed by atoms with Crippen LogP contribution in [0.3, 0.4) is 0 Å². The molecule has 5 heteroatoms. The van der Waals surface area contributed by atoms with E-state index in [4.69, 9.17) is 0 Å². The first-order valence-corrected chi connectivity index (χ1v) is 16.6. The normalized spacial score (nSPS) is 14.8. The van der Waals surface area contributed by atoms with Crippen LogP contribution in [0.2, 0.25) is 0 Å². The lowest BCUT2D eigenvalue weighted by atomic mass is 10.0. The number of unbranched alkanes of at least 4 members (excludes halogenated alkanes) is 13. The van der Waals surface area contributed by atoms with Gasteiger partial charge in [0.1, 0.15) is 0 Å². The molecule has 3 atom stereocenters.